The molecule has 0 aromatic heterocycles. The van der Waals surface area contributed by atoms with Crippen LogP contribution in [0.15, 0.2) is 40.9 Å². The van der Waals surface area contributed by atoms with E-state index in [0.717, 1.165) is 26.9 Å². The third kappa shape index (κ3) is 2.53. The van der Waals surface area contributed by atoms with Crippen LogP contribution in [0.4, 0.5) is 0 Å². The molecule has 0 bridgehead atoms. The van der Waals surface area contributed by atoms with Gasteiger partial charge in [0.1, 0.15) is 19.3 Å². The Morgan fingerprint density at radius 2 is 1.80 bits per heavy atom. The van der Waals surface area contributed by atoms with Gasteiger partial charge in [-0.05, 0) is 47.9 Å². The zero-order valence-electron chi connectivity index (χ0n) is 11.1. The Kier molecular flexibility index (Phi) is 3.68. The summed E-state index contributed by atoms with van der Waals surface area (Å²) in [5.41, 5.74) is 2.74. The topological polar surface area (TPSA) is 38.7 Å². The molecule has 1 aliphatic heterocycles. The van der Waals surface area contributed by atoms with Crippen molar-refractivity contribution in [2.45, 2.75) is 13.0 Å². The van der Waals surface area contributed by atoms with Crippen LogP contribution in [-0.4, -0.2) is 18.3 Å². The maximum Gasteiger partial charge on any atom is 0.161 e. The fourth-order valence-corrected chi connectivity index (χ4v) is 2.69. The second-order valence-corrected chi connectivity index (χ2v) is 5.72. The Balaban J connectivity index is 1.97. The lowest BCUT2D eigenvalue weighted by atomic mass is 9.97. The Labute approximate surface area is 126 Å². The zero-order valence-corrected chi connectivity index (χ0v) is 12.7. The van der Waals surface area contributed by atoms with E-state index >= 15 is 0 Å². The largest absolute Gasteiger partial charge is 0.486 e. The number of aryl methyl sites for hydroxylation is 1. The average Bonchev–Trinajstić information content (AvgIpc) is 2.48. The molecule has 1 unspecified atom stereocenters. The number of hydrogen-bond acceptors (Lipinski definition) is 3. The number of aliphatic hydroxyl groups is 1. The van der Waals surface area contributed by atoms with Crippen LogP contribution in [0, 0.1) is 6.92 Å². The summed E-state index contributed by atoms with van der Waals surface area (Å²) in [7, 11) is 0. The molecular formula is C16H15BrO3. The molecule has 0 amide bonds. The summed E-state index contributed by atoms with van der Waals surface area (Å²) in [5.74, 6) is 1.43. The second kappa shape index (κ2) is 5.46. The molecule has 2 aromatic carbocycles. The Bertz CT molecular complexity index is 640. The first-order chi connectivity index (χ1) is 9.65. The molecule has 0 saturated heterocycles. The number of hydrogen-bond donors (Lipinski definition) is 1. The second-order valence-electron chi connectivity index (χ2n) is 4.81. The van der Waals surface area contributed by atoms with Gasteiger partial charge in [0.15, 0.2) is 11.5 Å². The van der Waals surface area contributed by atoms with Gasteiger partial charge in [0, 0.05) is 4.47 Å². The number of halogens is 1. The van der Waals surface area contributed by atoms with Crippen LogP contribution < -0.4 is 9.47 Å². The van der Waals surface area contributed by atoms with Crippen molar-refractivity contribution in [1.29, 1.82) is 0 Å². The fraction of sp³-hybridized carbons (Fsp3) is 0.250. The molecule has 0 aliphatic carbocycles. The molecule has 3 rings (SSSR count). The highest BCUT2D eigenvalue weighted by Crippen LogP contribution is 2.35. The zero-order chi connectivity index (χ0) is 14.1. The van der Waals surface area contributed by atoms with Crippen LogP contribution in [0.5, 0.6) is 11.5 Å². The summed E-state index contributed by atoms with van der Waals surface area (Å²) < 4.78 is 12.0. The highest BCUT2D eigenvalue weighted by atomic mass is 79.9. The molecule has 0 fully saturated rings. The van der Waals surface area contributed by atoms with Gasteiger partial charge in [-0.25, -0.2) is 0 Å². The van der Waals surface area contributed by atoms with E-state index in [4.69, 9.17) is 9.47 Å². The van der Waals surface area contributed by atoms with E-state index in [2.05, 4.69) is 15.9 Å². The first-order valence-electron chi connectivity index (χ1n) is 6.49. The Morgan fingerprint density at radius 1 is 1.05 bits per heavy atom. The summed E-state index contributed by atoms with van der Waals surface area (Å²) in [5, 5.41) is 10.6. The van der Waals surface area contributed by atoms with Crippen molar-refractivity contribution in [2.24, 2.45) is 0 Å². The molecule has 1 atom stereocenters. The van der Waals surface area contributed by atoms with E-state index in [1.54, 1.807) is 0 Å². The standard InChI is InChI=1S/C16H15BrO3/c1-10-2-4-12(17)9-13(10)16(18)11-3-5-14-15(8-11)20-7-6-19-14/h2-5,8-9,16,18H,6-7H2,1H3. The highest BCUT2D eigenvalue weighted by Gasteiger charge is 2.18. The molecule has 1 N–H and O–H groups in total. The van der Waals surface area contributed by atoms with Crippen molar-refractivity contribution in [3.05, 3.63) is 57.6 Å². The predicted octanol–water partition coefficient (Wildman–Crippen LogP) is 3.61. The van der Waals surface area contributed by atoms with Gasteiger partial charge < -0.3 is 14.6 Å². The quantitative estimate of drug-likeness (QED) is 0.911. The lowest BCUT2D eigenvalue weighted by Gasteiger charge is -2.21. The third-order valence-electron chi connectivity index (χ3n) is 3.42. The number of fused-ring (bicyclic) bond motifs is 1. The number of rotatable bonds is 2. The van der Waals surface area contributed by atoms with E-state index in [0.29, 0.717) is 19.0 Å². The molecule has 1 aliphatic rings. The fourth-order valence-electron chi connectivity index (χ4n) is 2.32. The molecule has 0 radical (unpaired) electrons. The van der Waals surface area contributed by atoms with Crippen molar-refractivity contribution in [3.63, 3.8) is 0 Å². The van der Waals surface area contributed by atoms with Crippen molar-refractivity contribution < 1.29 is 14.6 Å². The number of benzene rings is 2. The summed E-state index contributed by atoms with van der Waals surface area (Å²) in [6.07, 6.45) is -0.677. The van der Waals surface area contributed by atoms with E-state index in [1.807, 2.05) is 43.3 Å². The minimum absolute atomic E-state index is 0.544. The van der Waals surface area contributed by atoms with Gasteiger partial charge in [0.25, 0.3) is 0 Å². The summed E-state index contributed by atoms with van der Waals surface area (Å²) in [6.45, 7) is 3.10. The maximum atomic E-state index is 10.6. The highest BCUT2D eigenvalue weighted by molar-refractivity contribution is 9.10. The van der Waals surface area contributed by atoms with Crippen molar-refractivity contribution in [3.8, 4) is 11.5 Å². The van der Waals surface area contributed by atoms with E-state index in [9.17, 15) is 5.11 Å². The van der Waals surface area contributed by atoms with Crippen molar-refractivity contribution >= 4 is 15.9 Å². The van der Waals surface area contributed by atoms with Gasteiger partial charge in [-0.3, -0.25) is 0 Å². The number of aliphatic hydroxyl groups excluding tert-OH is 1. The van der Waals surface area contributed by atoms with Gasteiger partial charge in [-0.2, -0.15) is 0 Å². The van der Waals surface area contributed by atoms with E-state index < -0.39 is 6.10 Å². The Morgan fingerprint density at radius 3 is 2.60 bits per heavy atom. The van der Waals surface area contributed by atoms with Crippen LogP contribution >= 0.6 is 15.9 Å². The lowest BCUT2D eigenvalue weighted by Crippen LogP contribution is -2.15. The molecule has 104 valence electrons. The average molecular weight is 335 g/mol. The van der Waals surface area contributed by atoms with Gasteiger partial charge in [-0.15, -0.1) is 0 Å². The monoisotopic (exact) mass is 334 g/mol. The third-order valence-corrected chi connectivity index (χ3v) is 3.91. The summed E-state index contributed by atoms with van der Waals surface area (Å²) >= 11 is 3.44. The normalized spacial score (nSPS) is 14.9. The lowest BCUT2D eigenvalue weighted by molar-refractivity contribution is 0.169. The molecule has 20 heavy (non-hydrogen) atoms. The summed E-state index contributed by atoms with van der Waals surface area (Å²) in [6, 6.07) is 11.5. The summed E-state index contributed by atoms with van der Waals surface area (Å²) in [4.78, 5) is 0. The molecule has 0 spiro atoms. The van der Waals surface area contributed by atoms with Gasteiger partial charge in [0.2, 0.25) is 0 Å². The molecule has 1 heterocycles. The Hall–Kier alpha value is -1.52. The molecule has 0 saturated carbocycles. The minimum atomic E-state index is -0.677. The SMILES string of the molecule is Cc1ccc(Br)cc1C(O)c1ccc2c(c1)OCCO2. The molecule has 3 nitrogen and oxygen atoms in total. The van der Waals surface area contributed by atoms with Crippen LogP contribution in [0.3, 0.4) is 0 Å². The van der Waals surface area contributed by atoms with Crippen LogP contribution in [0.2, 0.25) is 0 Å². The molecular weight excluding hydrogens is 320 g/mol. The molecule has 4 heteroatoms. The van der Waals surface area contributed by atoms with Crippen LogP contribution in [0.25, 0.3) is 0 Å². The van der Waals surface area contributed by atoms with Gasteiger partial charge >= 0.3 is 0 Å². The van der Waals surface area contributed by atoms with Crippen molar-refractivity contribution in [1.82, 2.24) is 0 Å². The van der Waals surface area contributed by atoms with E-state index in [-0.39, 0.29) is 0 Å². The van der Waals surface area contributed by atoms with Crippen LogP contribution in [0.1, 0.15) is 22.8 Å². The van der Waals surface area contributed by atoms with E-state index in [1.165, 1.54) is 0 Å². The van der Waals surface area contributed by atoms with Gasteiger partial charge in [0.05, 0.1) is 0 Å². The first-order valence-corrected chi connectivity index (χ1v) is 7.28. The number of ether oxygens (including phenoxy) is 2. The maximum absolute atomic E-state index is 10.6. The molecule has 2 aromatic rings. The first kappa shape index (κ1) is 13.5. The van der Waals surface area contributed by atoms with Gasteiger partial charge in [-0.1, -0.05) is 28.1 Å². The van der Waals surface area contributed by atoms with Crippen molar-refractivity contribution in [2.75, 3.05) is 13.2 Å². The smallest absolute Gasteiger partial charge is 0.161 e. The predicted molar refractivity (Wildman–Crippen MR) is 80.4 cm³/mol. The van der Waals surface area contributed by atoms with Crippen LogP contribution in [-0.2, 0) is 0 Å². The minimum Gasteiger partial charge on any atom is -0.486 e.